The van der Waals surface area contributed by atoms with E-state index in [0.29, 0.717) is 17.5 Å². The first-order valence-corrected chi connectivity index (χ1v) is 8.13. The molecule has 0 unspecified atom stereocenters. The number of hydrogen-bond acceptors (Lipinski definition) is 4. The molecule has 0 radical (unpaired) electrons. The van der Waals surface area contributed by atoms with Crippen molar-refractivity contribution >= 4 is 31.9 Å². The van der Waals surface area contributed by atoms with Crippen LogP contribution in [-0.2, 0) is 10.0 Å². The number of halogens is 1. The Bertz CT molecular complexity index is 531. The average molecular weight is 336 g/mol. The summed E-state index contributed by atoms with van der Waals surface area (Å²) < 4.78 is 31.4. The van der Waals surface area contributed by atoms with E-state index in [1.807, 2.05) is 0 Å². The van der Waals surface area contributed by atoms with E-state index in [1.54, 1.807) is 0 Å². The van der Waals surface area contributed by atoms with E-state index in [2.05, 4.69) is 20.7 Å². The maximum Gasteiger partial charge on any atom is 0.268 e. The Morgan fingerprint density at radius 3 is 2.56 bits per heavy atom. The SMILES string of the molecule is O=C(NS(=O)(=O)C1CCCCC1)c1coc(Br)c1. The molecule has 0 aliphatic heterocycles. The third-order valence-corrected chi connectivity index (χ3v) is 5.29. The molecule has 1 fully saturated rings. The molecule has 2 rings (SSSR count). The average Bonchev–Trinajstić information content (AvgIpc) is 2.77. The molecular formula is C11H14BrNO4S. The smallest absolute Gasteiger partial charge is 0.268 e. The lowest BCUT2D eigenvalue weighted by atomic mass is 10.0. The van der Waals surface area contributed by atoms with Crippen LogP contribution in [-0.4, -0.2) is 19.6 Å². The van der Waals surface area contributed by atoms with E-state index < -0.39 is 21.2 Å². The van der Waals surface area contributed by atoms with Crippen LogP contribution in [0.2, 0.25) is 0 Å². The van der Waals surface area contributed by atoms with Crippen LogP contribution in [0.3, 0.4) is 0 Å². The van der Waals surface area contributed by atoms with Crippen LogP contribution in [0.1, 0.15) is 42.5 Å². The summed E-state index contributed by atoms with van der Waals surface area (Å²) in [5, 5.41) is -0.453. The predicted octanol–water partition coefficient (Wildman–Crippen LogP) is 2.43. The second-order valence-corrected chi connectivity index (χ2v) is 7.12. The fourth-order valence-corrected chi connectivity index (χ4v) is 3.91. The van der Waals surface area contributed by atoms with Gasteiger partial charge in [0, 0.05) is 6.07 Å². The Kier molecular flexibility index (Phi) is 4.11. The van der Waals surface area contributed by atoms with Gasteiger partial charge >= 0.3 is 0 Å². The molecule has 0 atom stereocenters. The minimum Gasteiger partial charge on any atom is -0.457 e. The Hall–Kier alpha value is -0.820. The fourth-order valence-electron chi connectivity index (χ4n) is 2.08. The summed E-state index contributed by atoms with van der Waals surface area (Å²) >= 11 is 3.06. The van der Waals surface area contributed by atoms with Crippen LogP contribution >= 0.6 is 15.9 Å². The Morgan fingerprint density at radius 2 is 2.00 bits per heavy atom. The van der Waals surface area contributed by atoms with Gasteiger partial charge < -0.3 is 4.42 Å². The quantitative estimate of drug-likeness (QED) is 0.920. The van der Waals surface area contributed by atoms with E-state index in [-0.39, 0.29) is 5.56 Å². The van der Waals surface area contributed by atoms with Crippen molar-refractivity contribution < 1.29 is 17.6 Å². The van der Waals surface area contributed by atoms with Crippen LogP contribution in [0.5, 0.6) is 0 Å². The van der Waals surface area contributed by atoms with E-state index >= 15 is 0 Å². The molecule has 0 bridgehead atoms. The zero-order valence-corrected chi connectivity index (χ0v) is 12.1. The molecule has 0 spiro atoms. The number of hydrogen-bond donors (Lipinski definition) is 1. The van der Waals surface area contributed by atoms with Gasteiger partial charge in [-0.05, 0) is 28.8 Å². The molecule has 1 heterocycles. The van der Waals surface area contributed by atoms with Crippen molar-refractivity contribution in [3.05, 3.63) is 22.6 Å². The van der Waals surface area contributed by atoms with Gasteiger partial charge in [0.2, 0.25) is 10.0 Å². The highest BCUT2D eigenvalue weighted by Crippen LogP contribution is 2.23. The molecule has 1 aliphatic rings. The summed E-state index contributed by atoms with van der Waals surface area (Å²) in [6.45, 7) is 0. The van der Waals surface area contributed by atoms with Crippen LogP contribution in [0.4, 0.5) is 0 Å². The number of sulfonamides is 1. The van der Waals surface area contributed by atoms with Crippen LogP contribution < -0.4 is 4.72 Å². The zero-order chi connectivity index (χ0) is 13.2. The molecule has 1 aromatic rings. The van der Waals surface area contributed by atoms with Gasteiger partial charge in [0.1, 0.15) is 6.26 Å². The lowest BCUT2D eigenvalue weighted by Gasteiger charge is -2.21. The molecule has 1 N–H and O–H groups in total. The normalized spacial score (nSPS) is 17.6. The molecule has 5 nitrogen and oxygen atoms in total. The van der Waals surface area contributed by atoms with Gasteiger partial charge in [-0.2, -0.15) is 0 Å². The van der Waals surface area contributed by atoms with Crippen LogP contribution in [0.15, 0.2) is 21.4 Å². The van der Waals surface area contributed by atoms with Crippen molar-refractivity contribution in [1.82, 2.24) is 4.72 Å². The minimum atomic E-state index is -3.58. The highest BCUT2D eigenvalue weighted by molar-refractivity contribution is 9.10. The van der Waals surface area contributed by atoms with E-state index in [1.165, 1.54) is 12.3 Å². The third-order valence-electron chi connectivity index (χ3n) is 3.06. The fraction of sp³-hybridized carbons (Fsp3) is 0.545. The molecule has 18 heavy (non-hydrogen) atoms. The largest absolute Gasteiger partial charge is 0.457 e. The van der Waals surface area contributed by atoms with Crippen molar-refractivity contribution in [2.75, 3.05) is 0 Å². The molecule has 7 heteroatoms. The number of carbonyl (C=O) groups is 1. The van der Waals surface area contributed by atoms with Crippen LogP contribution in [0.25, 0.3) is 0 Å². The molecule has 1 saturated carbocycles. The first-order chi connectivity index (χ1) is 8.49. The molecule has 1 aliphatic carbocycles. The van der Waals surface area contributed by atoms with Gasteiger partial charge in [-0.3, -0.25) is 4.79 Å². The van der Waals surface area contributed by atoms with Crippen molar-refractivity contribution in [3.63, 3.8) is 0 Å². The molecule has 0 saturated heterocycles. The lowest BCUT2D eigenvalue weighted by Crippen LogP contribution is -2.39. The Balaban J connectivity index is 2.05. The number of amides is 1. The van der Waals surface area contributed by atoms with Crippen molar-refractivity contribution in [2.24, 2.45) is 0 Å². The number of carbonyl (C=O) groups excluding carboxylic acids is 1. The second-order valence-electron chi connectivity index (χ2n) is 4.38. The summed E-state index contributed by atoms with van der Waals surface area (Å²) in [5.74, 6) is -0.643. The summed E-state index contributed by atoms with van der Waals surface area (Å²) in [6.07, 6.45) is 5.33. The number of rotatable bonds is 3. The molecule has 1 aromatic heterocycles. The maximum atomic E-state index is 12.0. The topological polar surface area (TPSA) is 76.4 Å². The molecule has 1 amide bonds. The summed E-state index contributed by atoms with van der Waals surface area (Å²) in [5.41, 5.74) is 0.196. The zero-order valence-electron chi connectivity index (χ0n) is 9.69. The van der Waals surface area contributed by atoms with Gasteiger partial charge in [-0.25, -0.2) is 13.1 Å². The van der Waals surface area contributed by atoms with Gasteiger partial charge in [0.15, 0.2) is 4.67 Å². The summed E-state index contributed by atoms with van der Waals surface area (Å²) in [6, 6.07) is 1.44. The van der Waals surface area contributed by atoms with Crippen LogP contribution in [0, 0.1) is 0 Å². The second kappa shape index (κ2) is 5.44. The molecule has 0 aromatic carbocycles. The first-order valence-electron chi connectivity index (χ1n) is 5.79. The summed E-state index contributed by atoms with van der Waals surface area (Å²) in [4.78, 5) is 11.7. The predicted molar refractivity (Wildman–Crippen MR) is 69.7 cm³/mol. The number of furan rings is 1. The Morgan fingerprint density at radius 1 is 1.33 bits per heavy atom. The standard InChI is InChI=1S/C11H14BrNO4S/c12-10-6-8(7-17-10)11(14)13-18(15,16)9-4-2-1-3-5-9/h6-7,9H,1-5H2,(H,13,14). The first kappa shape index (κ1) is 13.6. The maximum absolute atomic E-state index is 12.0. The monoisotopic (exact) mass is 335 g/mol. The molecular weight excluding hydrogens is 322 g/mol. The molecule has 100 valence electrons. The van der Waals surface area contributed by atoms with E-state index in [0.717, 1.165) is 19.3 Å². The van der Waals surface area contributed by atoms with Crippen molar-refractivity contribution in [3.8, 4) is 0 Å². The minimum absolute atomic E-state index is 0.196. The van der Waals surface area contributed by atoms with Gasteiger partial charge in [-0.1, -0.05) is 19.3 Å². The summed E-state index contributed by atoms with van der Waals surface area (Å²) in [7, 11) is -3.58. The van der Waals surface area contributed by atoms with E-state index in [9.17, 15) is 13.2 Å². The van der Waals surface area contributed by atoms with Gasteiger partial charge in [0.05, 0.1) is 10.8 Å². The highest BCUT2D eigenvalue weighted by Gasteiger charge is 2.29. The van der Waals surface area contributed by atoms with E-state index in [4.69, 9.17) is 4.42 Å². The van der Waals surface area contributed by atoms with Gasteiger partial charge in [-0.15, -0.1) is 0 Å². The van der Waals surface area contributed by atoms with Crippen molar-refractivity contribution in [2.45, 2.75) is 37.4 Å². The highest BCUT2D eigenvalue weighted by atomic mass is 79.9. The number of nitrogens with one attached hydrogen (secondary N) is 1. The third kappa shape index (κ3) is 3.14. The Labute approximate surface area is 114 Å². The van der Waals surface area contributed by atoms with Gasteiger partial charge in [0.25, 0.3) is 5.91 Å². The van der Waals surface area contributed by atoms with Crippen molar-refractivity contribution in [1.29, 1.82) is 0 Å². The lowest BCUT2D eigenvalue weighted by molar-refractivity contribution is 0.0980.